The Labute approximate surface area is 148 Å². The molecule has 1 aliphatic rings. The molecule has 1 unspecified atom stereocenters. The molecule has 2 aromatic rings. The molecule has 1 heterocycles. The quantitative estimate of drug-likeness (QED) is 0.785. The summed E-state index contributed by atoms with van der Waals surface area (Å²) in [6, 6.07) is 15.0. The Balaban J connectivity index is 0.00000192. The van der Waals surface area contributed by atoms with Gasteiger partial charge < -0.3 is 10.6 Å². The first kappa shape index (κ1) is 18.1. The summed E-state index contributed by atoms with van der Waals surface area (Å²) in [5, 5.41) is 8.87. The van der Waals surface area contributed by atoms with Gasteiger partial charge in [-0.1, -0.05) is 42.5 Å². The van der Waals surface area contributed by atoms with Gasteiger partial charge in [0.05, 0.1) is 6.04 Å². The number of hydrogen-bond acceptors (Lipinski definition) is 3. The van der Waals surface area contributed by atoms with Crippen LogP contribution in [0.1, 0.15) is 18.4 Å². The van der Waals surface area contributed by atoms with E-state index in [9.17, 15) is 4.79 Å². The molecule has 1 amide bonds. The highest BCUT2D eigenvalue weighted by Crippen LogP contribution is 2.22. The molecule has 1 atom stereocenters. The van der Waals surface area contributed by atoms with Crippen molar-refractivity contribution in [2.24, 2.45) is 0 Å². The van der Waals surface area contributed by atoms with Gasteiger partial charge in [0.2, 0.25) is 5.91 Å². The minimum atomic E-state index is 0. The molecule has 0 aromatic heterocycles. The van der Waals surface area contributed by atoms with E-state index in [1.54, 1.807) is 0 Å². The van der Waals surface area contributed by atoms with Crippen molar-refractivity contribution in [2.75, 3.05) is 18.8 Å². The fraction of sp³-hybridized carbons (Fsp3) is 0.389. The Morgan fingerprint density at radius 1 is 1.22 bits per heavy atom. The zero-order valence-electron chi connectivity index (χ0n) is 13.1. The Hall–Kier alpha value is -1.23. The molecule has 3 nitrogen and oxygen atoms in total. The van der Waals surface area contributed by atoms with Gasteiger partial charge in [-0.15, -0.1) is 12.4 Å². The largest absolute Gasteiger partial charge is 0.354 e. The molecule has 1 fully saturated rings. The molecule has 0 spiro atoms. The Morgan fingerprint density at radius 3 is 2.87 bits per heavy atom. The number of carbonyl (C=O) groups excluding carboxylic acids is 1. The van der Waals surface area contributed by atoms with Crippen LogP contribution in [0.15, 0.2) is 42.5 Å². The maximum absolute atomic E-state index is 11.9. The van der Waals surface area contributed by atoms with Gasteiger partial charge in [0.1, 0.15) is 0 Å². The number of fused-ring (bicyclic) bond motifs is 1. The summed E-state index contributed by atoms with van der Waals surface area (Å²) in [7, 11) is 0. The van der Waals surface area contributed by atoms with E-state index in [-0.39, 0.29) is 24.4 Å². The van der Waals surface area contributed by atoms with Crippen LogP contribution in [-0.4, -0.2) is 30.8 Å². The van der Waals surface area contributed by atoms with Crippen molar-refractivity contribution in [1.29, 1.82) is 0 Å². The summed E-state index contributed by atoms with van der Waals surface area (Å²) in [6.07, 6.45) is 2.07. The number of hydrogen-bond donors (Lipinski definition) is 2. The molecule has 23 heavy (non-hydrogen) atoms. The van der Waals surface area contributed by atoms with Crippen LogP contribution < -0.4 is 10.6 Å². The lowest BCUT2D eigenvalue weighted by molar-refractivity contribution is -0.122. The van der Waals surface area contributed by atoms with E-state index in [1.807, 2.05) is 11.8 Å². The summed E-state index contributed by atoms with van der Waals surface area (Å²) in [5.41, 5.74) is 1.37. The first-order valence-corrected chi connectivity index (χ1v) is 9.05. The van der Waals surface area contributed by atoms with E-state index >= 15 is 0 Å². The molecule has 124 valence electrons. The number of amides is 1. The van der Waals surface area contributed by atoms with E-state index in [2.05, 4.69) is 53.1 Å². The molecule has 5 heteroatoms. The Bertz CT molecular complexity index is 638. The van der Waals surface area contributed by atoms with Gasteiger partial charge in [-0.25, -0.2) is 0 Å². The number of rotatable bonds is 6. The van der Waals surface area contributed by atoms with Crippen molar-refractivity contribution in [1.82, 2.24) is 10.6 Å². The third-order valence-electron chi connectivity index (χ3n) is 4.06. The predicted molar refractivity (Wildman–Crippen MR) is 101 cm³/mol. The second kappa shape index (κ2) is 9.16. The lowest BCUT2D eigenvalue weighted by Gasteiger charge is -2.11. The van der Waals surface area contributed by atoms with Crippen LogP contribution in [0.5, 0.6) is 0 Å². The normalized spacial score (nSPS) is 17.0. The Morgan fingerprint density at radius 2 is 2.04 bits per heavy atom. The van der Waals surface area contributed by atoms with Crippen LogP contribution >= 0.6 is 24.2 Å². The number of halogens is 1. The second-order valence-electron chi connectivity index (χ2n) is 5.63. The molecule has 0 saturated carbocycles. The molecule has 2 N–H and O–H groups in total. The van der Waals surface area contributed by atoms with Crippen molar-refractivity contribution in [2.45, 2.75) is 24.6 Å². The third-order valence-corrected chi connectivity index (χ3v) is 5.07. The number of nitrogens with one attached hydrogen (secondary N) is 2. The summed E-state index contributed by atoms with van der Waals surface area (Å²) < 4.78 is 0. The van der Waals surface area contributed by atoms with Gasteiger partial charge in [-0.2, -0.15) is 11.8 Å². The van der Waals surface area contributed by atoms with E-state index in [0.717, 1.165) is 37.4 Å². The summed E-state index contributed by atoms with van der Waals surface area (Å²) >= 11 is 1.87. The molecule has 0 bridgehead atoms. The van der Waals surface area contributed by atoms with Gasteiger partial charge in [0.25, 0.3) is 0 Å². The maximum atomic E-state index is 11.9. The van der Waals surface area contributed by atoms with E-state index in [0.29, 0.717) is 0 Å². The maximum Gasteiger partial charge on any atom is 0.237 e. The fourth-order valence-corrected chi connectivity index (χ4v) is 3.74. The lowest BCUT2D eigenvalue weighted by atomic mass is 10.1. The van der Waals surface area contributed by atoms with Gasteiger partial charge in [-0.3, -0.25) is 4.79 Å². The summed E-state index contributed by atoms with van der Waals surface area (Å²) in [6.45, 7) is 1.71. The second-order valence-corrected chi connectivity index (χ2v) is 6.74. The van der Waals surface area contributed by atoms with E-state index < -0.39 is 0 Å². The molecule has 1 aliphatic heterocycles. The van der Waals surface area contributed by atoms with Crippen LogP contribution in [0.3, 0.4) is 0 Å². The van der Waals surface area contributed by atoms with Gasteiger partial charge in [0.15, 0.2) is 0 Å². The molecule has 1 saturated heterocycles. The fourth-order valence-electron chi connectivity index (χ4n) is 2.88. The van der Waals surface area contributed by atoms with Crippen molar-refractivity contribution in [3.05, 3.63) is 48.0 Å². The molecule has 0 aliphatic carbocycles. The van der Waals surface area contributed by atoms with E-state index in [4.69, 9.17) is 0 Å². The highest BCUT2D eigenvalue weighted by molar-refractivity contribution is 7.98. The van der Waals surface area contributed by atoms with Gasteiger partial charge >= 0.3 is 0 Å². The topological polar surface area (TPSA) is 41.1 Å². The van der Waals surface area contributed by atoms with Gasteiger partial charge in [0, 0.05) is 18.1 Å². The molecular weight excluding hydrogens is 328 g/mol. The van der Waals surface area contributed by atoms with Crippen molar-refractivity contribution < 1.29 is 4.79 Å². The summed E-state index contributed by atoms with van der Waals surface area (Å²) in [5.74, 6) is 2.09. The monoisotopic (exact) mass is 350 g/mol. The van der Waals surface area contributed by atoms with Crippen LogP contribution in [-0.2, 0) is 10.5 Å². The molecular formula is C18H23ClN2OS. The standard InChI is InChI=1S/C18H22N2OS.ClH/c21-18(17-9-4-10-19-17)20-11-12-22-13-15-7-3-6-14-5-1-2-8-16(14)15;/h1-3,5-8,17,19H,4,9-13H2,(H,20,21);1H. The lowest BCUT2D eigenvalue weighted by Crippen LogP contribution is -2.41. The smallest absolute Gasteiger partial charge is 0.237 e. The van der Waals surface area contributed by atoms with Gasteiger partial charge in [-0.05, 0) is 35.7 Å². The third kappa shape index (κ3) is 4.87. The average molecular weight is 351 g/mol. The van der Waals surface area contributed by atoms with Crippen LogP contribution in [0.2, 0.25) is 0 Å². The van der Waals surface area contributed by atoms with Crippen LogP contribution in [0.25, 0.3) is 10.8 Å². The molecule has 3 rings (SSSR count). The van der Waals surface area contributed by atoms with Crippen molar-refractivity contribution >= 4 is 40.8 Å². The van der Waals surface area contributed by atoms with Crippen LogP contribution in [0, 0.1) is 0 Å². The van der Waals surface area contributed by atoms with Crippen LogP contribution in [0.4, 0.5) is 0 Å². The van der Waals surface area contributed by atoms with E-state index in [1.165, 1.54) is 16.3 Å². The summed E-state index contributed by atoms with van der Waals surface area (Å²) in [4.78, 5) is 11.9. The molecule has 2 aromatic carbocycles. The SMILES string of the molecule is Cl.O=C(NCCSCc1cccc2ccccc12)C1CCCN1. The minimum absolute atomic E-state index is 0. The highest BCUT2D eigenvalue weighted by atomic mass is 35.5. The van der Waals surface area contributed by atoms with Crippen molar-refractivity contribution in [3.8, 4) is 0 Å². The number of thioether (sulfide) groups is 1. The van der Waals surface area contributed by atoms with Crippen molar-refractivity contribution in [3.63, 3.8) is 0 Å². The zero-order valence-corrected chi connectivity index (χ0v) is 14.7. The first-order chi connectivity index (χ1) is 10.8. The number of benzene rings is 2. The zero-order chi connectivity index (χ0) is 15.2. The molecule has 0 radical (unpaired) electrons. The Kier molecular flexibility index (Phi) is 7.21. The predicted octanol–water partition coefficient (Wildman–Crippen LogP) is 3.36. The average Bonchev–Trinajstić information content (AvgIpc) is 3.09. The minimum Gasteiger partial charge on any atom is -0.354 e. The first-order valence-electron chi connectivity index (χ1n) is 7.90. The highest BCUT2D eigenvalue weighted by Gasteiger charge is 2.21. The number of carbonyl (C=O) groups is 1.